The number of carbonyl (C=O) groups is 2. The molecular formula is C19H36N2O3. The summed E-state index contributed by atoms with van der Waals surface area (Å²) in [5.74, 6) is 0.754. The number of nitrogens with one attached hydrogen (secondary N) is 2. The van der Waals surface area contributed by atoms with Gasteiger partial charge in [0, 0.05) is 7.97 Å². The molecule has 1 atom stereocenters. The zero-order valence-corrected chi connectivity index (χ0v) is 14.7. The standard InChI is InChI=1S/C13H19NO.C5H11NO2.CH4.H2/c1-3-11(2)10-14-13(15)9-12-7-5-4-6-8-12;1-3-8-6-4-5(2)7;;/h4-8,11H,3,9-10H2,1-2H3,(H,14,15);6H,3-4H2,1-2H3;1H4;1H/t11-;;;/m0.../s1. The highest BCUT2D eigenvalue weighted by Crippen LogP contribution is 2.01. The molecule has 2 N–H and O–H groups in total. The molecular weight excluding hydrogens is 304 g/mol. The maximum Gasteiger partial charge on any atom is 0.224 e. The average Bonchev–Trinajstić information content (AvgIpc) is 2.54. The second-order valence-electron chi connectivity index (χ2n) is 5.44. The molecule has 0 radical (unpaired) electrons. The predicted molar refractivity (Wildman–Crippen MR) is 102 cm³/mol. The molecule has 0 aliphatic rings. The molecule has 0 aliphatic heterocycles. The third-order valence-electron chi connectivity index (χ3n) is 3.12. The third kappa shape index (κ3) is 15.2. The van der Waals surface area contributed by atoms with Gasteiger partial charge < -0.3 is 10.2 Å². The molecule has 24 heavy (non-hydrogen) atoms. The Morgan fingerprint density at radius 3 is 2.33 bits per heavy atom. The summed E-state index contributed by atoms with van der Waals surface area (Å²) in [5, 5.41) is 2.94. The van der Waals surface area contributed by atoms with Gasteiger partial charge in [0.05, 0.1) is 19.6 Å². The summed E-state index contributed by atoms with van der Waals surface area (Å²) in [4.78, 5) is 26.4. The fourth-order valence-corrected chi connectivity index (χ4v) is 1.53. The Bertz CT molecular complexity index is 442. The molecule has 0 heterocycles. The Kier molecular flexibility index (Phi) is 16.5. The second kappa shape index (κ2) is 16.1. The van der Waals surface area contributed by atoms with E-state index in [1.807, 2.05) is 37.3 Å². The van der Waals surface area contributed by atoms with E-state index in [0.29, 0.717) is 25.5 Å². The van der Waals surface area contributed by atoms with Gasteiger partial charge in [-0.1, -0.05) is 58.0 Å². The van der Waals surface area contributed by atoms with Gasteiger partial charge in [-0.15, -0.1) is 0 Å². The van der Waals surface area contributed by atoms with Gasteiger partial charge >= 0.3 is 0 Å². The molecule has 0 saturated heterocycles. The Labute approximate surface area is 148 Å². The Hall–Kier alpha value is -1.72. The van der Waals surface area contributed by atoms with Crippen molar-refractivity contribution >= 4 is 11.7 Å². The highest BCUT2D eigenvalue weighted by atomic mass is 16.6. The number of rotatable bonds is 9. The molecule has 5 heteroatoms. The Balaban J connectivity index is -0.000000421. The summed E-state index contributed by atoms with van der Waals surface area (Å²) in [7, 11) is 0. The van der Waals surface area contributed by atoms with Crippen LogP contribution in [0.3, 0.4) is 0 Å². The van der Waals surface area contributed by atoms with Crippen molar-refractivity contribution in [3.63, 3.8) is 0 Å². The molecule has 1 amide bonds. The summed E-state index contributed by atoms with van der Waals surface area (Å²) < 4.78 is 0. The monoisotopic (exact) mass is 340 g/mol. The van der Waals surface area contributed by atoms with Crippen LogP contribution in [0.5, 0.6) is 0 Å². The molecule has 5 nitrogen and oxygen atoms in total. The van der Waals surface area contributed by atoms with E-state index in [2.05, 4.69) is 29.5 Å². The zero-order valence-electron chi connectivity index (χ0n) is 14.7. The molecule has 140 valence electrons. The molecule has 0 aromatic heterocycles. The number of hydroxylamine groups is 1. The van der Waals surface area contributed by atoms with Gasteiger partial charge in [0.25, 0.3) is 0 Å². The number of amides is 1. The van der Waals surface area contributed by atoms with Gasteiger partial charge in [-0.25, -0.2) is 0 Å². The molecule has 0 unspecified atom stereocenters. The number of Topliss-reactive ketones (excluding diaryl/α,β-unsaturated/α-hetero) is 1. The first-order chi connectivity index (χ1) is 11.0. The van der Waals surface area contributed by atoms with Crippen LogP contribution >= 0.6 is 0 Å². The summed E-state index contributed by atoms with van der Waals surface area (Å²) in [6.07, 6.45) is 1.59. The molecule has 1 rings (SSSR count). The van der Waals surface area contributed by atoms with E-state index in [1.54, 1.807) is 0 Å². The minimum atomic E-state index is 0. The fourth-order valence-electron chi connectivity index (χ4n) is 1.53. The van der Waals surface area contributed by atoms with Crippen LogP contribution in [0.2, 0.25) is 0 Å². The fraction of sp³-hybridized carbons (Fsp3) is 0.579. The topological polar surface area (TPSA) is 67.4 Å². The average molecular weight is 341 g/mol. The highest BCUT2D eigenvalue weighted by molar-refractivity contribution is 5.78. The highest BCUT2D eigenvalue weighted by Gasteiger charge is 2.04. The van der Waals surface area contributed by atoms with Gasteiger partial charge in [0.1, 0.15) is 5.78 Å². The van der Waals surface area contributed by atoms with Crippen LogP contribution in [0.4, 0.5) is 0 Å². The van der Waals surface area contributed by atoms with Crippen LogP contribution in [-0.2, 0) is 20.8 Å². The van der Waals surface area contributed by atoms with Crippen molar-refractivity contribution in [1.29, 1.82) is 0 Å². The van der Waals surface area contributed by atoms with Crippen molar-refractivity contribution in [2.45, 2.75) is 48.0 Å². The quantitative estimate of drug-likeness (QED) is 0.534. The van der Waals surface area contributed by atoms with Crippen LogP contribution in [-0.4, -0.2) is 31.4 Å². The third-order valence-corrected chi connectivity index (χ3v) is 3.12. The van der Waals surface area contributed by atoms with Gasteiger partial charge in [-0.2, -0.15) is 5.48 Å². The van der Waals surface area contributed by atoms with Crippen molar-refractivity contribution in [3.05, 3.63) is 35.9 Å². The summed E-state index contributed by atoms with van der Waals surface area (Å²) in [5.41, 5.74) is 3.55. The van der Waals surface area contributed by atoms with Crippen molar-refractivity contribution in [2.75, 3.05) is 19.7 Å². The number of hydrogen-bond donors (Lipinski definition) is 2. The molecule has 0 spiro atoms. The normalized spacial score (nSPS) is 10.7. The van der Waals surface area contributed by atoms with Crippen LogP contribution in [0.25, 0.3) is 0 Å². The maximum atomic E-state index is 11.5. The van der Waals surface area contributed by atoms with Gasteiger partial charge in [-0.3, -0.25) is 9.59 Å². The summed E-state index contributed by atoms with van der Waals surface area (Å²) in [6, 6.07) is 9.82. The molecule has 1 aromatic rings. The van der Waals surface area contributed by atoms with E-state index in [-0.39, 0.29) is 20.5 Å². The van der Waals surface area contributed by atoms with Crippen molar-refractivity contribution in [2.24, 2.45) is 5.92 Å². The van der Waals surface area contributed by atoms with Crippen LogP contribution in [0.1, 0.15) is 48.5 Å². The first-order valence-electron chi connectivity index (χ1n) is 8.14. The van der Waals surface area contributed by atoms with E-state index < -0.39 is 0 Å². The van der Waals surface area contributed by atoms with Gasteiger partial charge in [0.2, 0.25) is 5.91 Å². The Morgan fingerprint density at radius 1 is 1.21 bits per heavy atom. The van der Waals surface area contributed by atoms with E-state index >= 15 is 0 Å². The van der Waals surface area contributed by atoms with E-state index in [1.165, 1.54) is 6.92 Å². The SMILES string of the molecule is C.CCONCC(C)=O.CC[C@H](C)CNC(=O)Cc1ccccc1.[HH]. The van der Waals surface area contributed by atoms with Crippen molar-refractivity contribution < 1.29 is 15.9 Å². The van der Waals surface area contributed by atoms with E-state index in [4.69, 9.17) is 0 Å². The molecule has 0 fully saturated rings. The van der Waals surface area contributed by atoms with E-state index in [9.17, 15) is 9.59 Å². The van der Waals surface area contributed by atoms with Crippen molar-refractivity contribution in [1.82, 2.24) is 10.8 Å². The van der Waals surface area contributed by atoms with Gasteiger partial charge in [0.15, 0.2) is 0 Å². The number of ketones is 1. The zero-order chi connectivity index (χ0) is 17.5. The number of hydrogen-bond acceptors (Lipinski definition) is 4. The lowest BCUT2D eigenvalue weighted by Crippen LogP contribution is -2.29. The largest absolute Gasteiger partial charge is 0.356 e. The number of carbonyl (C=O) groups excluding carboxylic acids is 2. The first-order valence-corrected chi connectivity index (χ1v) is 8.14. The first kappa shape index (κ1) is 24.5. The van der Waals surface area contributed by atoms with Crippen molar-refractivity contribution in [3.8, 4) is 0 Å². The Morgan fingerprint density at radius 2 is 1.83 bits per heavy atom. The minimum Gasteiger partial charge on any atom is -0.356 e. The molecule has 0 bridgehead atoms. The lowest BCUT2D eigenvalue weighted by atomic mass is 10.1. The lowest BCUT2D eigenvalue weighted by molar-refractivity contribution is -0.120. The number of benzene rings is 1. The van der Waals surface area contributed by atoms with E-state index in [0.717, 1.165) is 18.5 Å². The van der Waals surface area contributed by atoms with Crippen LogP contribution < -0.4 is 10.8 Å². The smallest absolute Gasteiger partial charge is 0.224 e. The lowest BCUT2D eigenvalue weighted by Gasteiger charge is -2.09. The molecule has 1 aromatic carbocycles. The maximum absolute atomic E-state index is 11.5. The minimum absolute atomic E-state index is 0. The van der Waals surface area contributed by atoms with Crippen LogP contribution in [0.15, 0.2) is 30.3 Å². The van der Waals surface area contributed by atoms with Gasteiger partial charge in [-0.05, 0) is 25.3 Å². The summed E-state index contributed by atoms with van der Waals surface area (Å²) in [6.45, 7) is 9.30. The predicted octanol–water partition coefficient (Wildman–Crippen LogP) is 3.39. The molecule has 0 saturated carbocycles. The second-order valence-corrected chi connectivity index (χ2v) is 5.44. The molecule has 0 aliphatic carbocycles. The van der Waals surface area contributed by atoms with Crippen LogP contribution in [0, 0.1) is 5.92 Å². The summed E-state index contributed by atoms with van der Waals surface area (Å²) >= 11 is 0.